The van der Waals surface area contributed by atoms with Crippen molar-refractivity contribution in [3.63, 3.8) is 0 Å². The summed E-state index contributed by atoms with van der Waals surface area (Å²) in [4.78, 5) is 0. The summed E-state index contributed by atoms with van der Waals surface area (Å²) in [6.07, 6.45) is 0.787. The molecule has 0 saturated carbocycles. The summed E-state index contributed by atoms with van der Waals surface area (Å²) >= 11 is 0. The number of hydrogen-bond donors (Lipinski definition) is 2. The average molecular weight is 297 g/mol. The number of rotatable bonds is 12. The number of ether oxygens (including phenoxy) is 3. The first-order chi connectivity index (χ1) is 10.2. The zero-order valence-electron chi connectivity index (χ0n) is 12.7. The monoisotopic (exact) mass is 297 g/mol. The normalized spacial score (nSPS) is 14.0. The topological polar surface area (TPSA) is 73.9 Å². The van der Waals surface area contributed by atoms with Crippen LogP contribution in [0.2, 0.25) is 0 Å². The van der Waals surface area contributed by atoms with E-state index in [2.05, 4.69) is 0 Å². The van der Waals surface area contributed by atoms with Gasteiger partial charge in [0.25, 0.3) is 0 Å². The molecule has 0 heterocycles. The smallest absolute Gasteiger partial charge is 0.0927 e. The molecule has 0 fully saturated rings. The summed E-state index contributed by atoms with van der Waals surface area (Å²) in [6.45, 7) is 2.65. The zero-order chi connectivity index (χ0) is 15.3. The minimum Gasteiger partial charge on any atom is -0.389 e. The highest BCUT2D eigenvalue weighted by atomic mass is 16.5. The van der Waals surface area contributed by atoms with Crippen molar-refractivity contribution in [2.45, 2.75) is 25.0 Å². The Morgan fingerprint density at radius 1 is 1.05 bits per heavy atom. The van der Waals surface area contributed by atoms with Crippen molar-refractivity contribution in [3.8, 4) is 0 Å². The van der Waals surface area contributed by atoms with Gasteiger partial charge in [-0.2, -0.15) is 0 Å². The molecule has 1 aromatic rings. The average Bonchev–Trinajstić information content (AvgIpc) is 2.50. The van der Waals surface area contributed by atoms with Gasteiger partial charge in [0.2, 0.25) is 0 Å². The van der Waals surface area contributed by atoms with Crippen molar-refractivity contribution in [2.24, 2.45) is 5.73 Å². The summed E-state index contributed by atoms with van der Waals surface area (Å²) < 4.78 is 15.6. The number of aliphatic hydroxyl groups excluding tert-OH is 1. The Morgan fingerprint density at radius 2 is 1.76 bits per heavy atom. The summed E-state index contributed by atoms with van der Waals surface area (Å²) in [5.41, 5.74) is 7.10. The third-order valence-electron chi connectivity index (χ3n) is 3.11. The van der Waals surface area contributed by atoms with Crippen LogP contribution in [0.4, 0.5) is 0 Å². The largest absolute Gasteiger partial charge is 0.389 e. The molecule has 0 aliphatic rings. The lowest BCUT2D eigenvalue weighted by Gasteiger charge is -2.19. The first kappa shape index (κ1) is 18.1. The van der Waals surface area contributed by atoms with Crippen LogP contribution in [0.1, 0.15) is 12.0 Å². The van der Waals surface area contributed by atoms with Crippen LogP contribution < -0.4 is 5.73 Å². The molecule has 5 nitrogen and oxygen atoms in total. The summed E-state index contributed by atoms with van der Waals surface area (Å²) in [5.74, 6) is 0. The van der Waals surface area contributed by atoms with E-state index in [4.69, 9.17) is 19.9 Å². The van der Waals surface area contributed by atoms with E-state index in [0.717, 1.165) is 12.0 Å². The van der Waals surface area contributed by atoms with Crippen LogP contribution in [0.25, 0.3) is 0 Å². The molecule has 0 aliphatic heterocycles. The number of aliphatic hydroxyl groups is 1. The predicted octanol–water partition coefficient (Wildman–Crippen LogP) is 0.987. The van der Waals surface area contributed by atoms with Crippen LogP contribution >= 0.6 is 0 Å². The van der Waals surface area contributed by atoms with E-state index in [1.54, 1.807) is 7.11 Å². The fourth-order valence-electron chi connectivity index (χ4n) is 1.86. The lowest BCUT2D eigenvalue weighted by atomic mass is 10.0. The summed E-state index contributed by atoms with van der Waals surface area (Å²) in [6, 6.07) is 9.59. The van der Waals surface area contributed by atoms with Crippen LogP contribution in [0.5, 0.6) is 0 Å². The van der Waals surface area contributed by atoms with Gasteiger partial charge in [0.1, 0.15) is 0 Å². The molecular weight excluding hydrogens is 270 g/mol. The second-order valence-electron chi connectivity index (χ2n) is 4.95. The molecule has 0 saturated heterocycles. The third kappa shape index (κ3) is 8.80. The van der Waals surface area contributed by atoms with Crippen molar-refractivity contribution < 1.29 is 19.3 Å². The number of methoxy groups -OCH3 is 1. The lowest BCUT2D eigenvalue weighted by Crippen LogP contribution is -2.39. The van der Waals surface area contributed by atoms with Crippen molar-refractivity contribution in [1.29, 1.82) is 0 Å². The van der Waals surface area contributed by atoms with Crippen molar-refractivity contribution in [3.05, 3.63) is 35.9 Å². The molecule has 1 aromatic carbocycles. The van der Waals surface area contributed by atoms with Crippen LogP contribution in [0, 0.1) is 0 Å². The second-order valence-corrected chi connectivity index (χ2v) is 4.95. The molecule has 21 heavy (non-hydrogen) atoms. The van der Waals surface area contributed by atoms with Gasteiger partial charge in [-0.25, -0.2) is 0 Å². The highest BCUT2D eigenvalue weighted by molar-refractivity contribution is 5.16. The van der Waals surface area contributed by atoms with E-state index in [0.29, 0.717) is 32.8 Å². The molecule has 0 spiro atoms. The van der Waals surface area contributed by atoms with E-state index in [1.165, 1.54) is 0 Å². The predicted molar refractivity (Wildman–Crippen MR) is 82.3 cm³/mol. The van der Waals surface area contributed by atoms with Gasteiger partial charge in [-0.1, -0.05) is 30.3 Å². The molecule has 2 atom stereocenters. The highest BCUT2D eigenvalue weighted by Gasteiger charge is 2.15. The van der Waals surface area contributed by atoms with Crippen molar-refractivity contribution in [1.82, 2.24) is 0 Å². The van der Waals surface area contributed by atoms with E-state index in [1.807, 2.05) is 30.3 Å². The molecule has 0 aromatic heterocycles. The lowest BCUT2D eigenvalue weighted by molar-refractivity contribution is 0.00994. The van der Waals surface area contributed by atoms with Crippen molar-refractivity contribution >= 4 is 0 Å². The Hall–Kier alpha value is -0.980. The van der Waals surface area contributed by atoms with E-state index < -0.39 is 6.10 Å². The summed E-state index contributed by atoms with van der Waals surface area (Å²) in [7, 11) is 1.65. The Morgan fingerprint density at radius 3 is 2.48 bits per heavy atom. The zero-order valence-corrected chi connectivity index (χ0v) is 12.7. The van der Waals surface area contributed by atoms with Crippen LogP contribution in [-0.2, 0) is 20.6 Å². The molecule has 120 valence electrons. The van der Waals surface area contributed by atoms with E-state index >= 15 is 0 Å². The highest BCUT2D eigenvalue weighted by Crippen LogP contribution is 2.05. The standard InChI is InChI=1S/C16H27NO4/c1-19-10-11-20-8-5-9-21-13-16(18)15(17)12-14-6-3-2-4-7-14/h2-4,6-7,15-16,18H,5,8-13,17H2,1H3. The Labute approximate surface area is 127 Å². The SMILES string of the molecule is COCCOCCCOCC(O)C(N)Cc1ccccc1. The Bertz CT molecular complexity index is 347. The minimum atomic E-state index is -0.653. The van der Waals surface area contributed by atoms with Gasteiger partial charge in [0.15, 0.2) is 0 Å². The second kappa shape index (κ2) is 11.7. The van der Waals surface area contributed by atoms with Gasteiger partial charge in [0.05, 0.1) is 25.9 Å². The molecule has 0 bridgehead atoms. The number of benzene rings is 1. The molecule has 0 radical (unpaired) electrons. The first-order valence-corrected chi connectivity index (χ1v) is 7.36. The fourth-order valence-corrected chi connectivity index (χ4v) is 1.86. The maximum Gasteiger partial charge on any atom is 0.0927 e. The third-order valence-corrected chi connectivity index (χ3v) is 3.11. The Kier molecular flexibility index (Phi) is 10.0. The van der Waals surface area contributed by atoms with Gasteiger partial charge >= 0.3 is 0 Å². The van der Waals surface area contributed by atoms with Crippen molar-refractivity contribution in [2.75, 3.05) is 40.1 Å². The summed E-state index contributed by atoms with van der Waals surface area (Å²) in [5, 5.41) is 9.95. The van der Waals surface area contributed by atoms with Gasteiger partial charge < -0.3 is 25.1 Å². The molecule has 1 rings (SSSR count). The molecule has 3 N–H and O–H groups in total. The number of hydrogen-bond acceptors (Lipinski definition) is 5. The maximum atomic E-state index is 9.95. The molecule has 0 amide bonds. The van der Waals surface area contributed by atoms with E-state index in [-0.39, 0.29) is 12.6 Å². The molecular formula is C16H27NO4. The molecule has 5 heteroatoms. The van der Waals surface area contributed by atoms with Gasteiger partial charge in [-0.05, 0) is 18.4 Å². The van der Waals surface area contributed by atoms with Gasteiger partial charge in [0, 0.05) is 26.4 Å². The van der Waals surface area contributed by atoms with Crippen LogP contribution in [0.15, 0.2) is 30.3 Å². The van der Waals surface area contributed by atoms with Crippen LogP contribution in [0.3, 0.4) is 0 Å². The quantitative estimate of drug-likeness (QED) is 0.563. The number of nitrogens with two attached hydrogens (primary N) is 1. The van der Waals surface area contributed by atoms with E-state index in [9.17, 15) is 5.11 Å². The Balaban J connectivity index is 2.03. The van der Waals surface area contributed by atoms with Gasteiger partial charge in [-0.15, -0.1) is 0 Å². The minimum absolute atomic E-state index is 0.256. The molecule has 0 aliphatic carbocycles. The maximum absolute atomic E-state index is 9.95. The first-order valence-electron chi connectivity index (χ1n) is 7.36. The molecule has 2 unspecified atom stereocenters. The van der Waals surface area contributed by atoms with Gasteiger partial charge in [-0.3, -0.25) is 0 Å². The fraction of sp³-hybridized carbons (Fsp3) is 0.625. The van der Waals surface area contributed by atoms with Crippen LogP contribution in [-0.4, -0.2) is 57.4 Å².